The van der Waals surface area contributed by atoms with Crippen LogP contribution in [0.3, 0.4) is 0 Å². The van der Waals surface area contributed by atoms with E-state index in [0.29, 0.717) is 5.75 Å². The van der Waals surface area contributed by atoms with Crippen molar-refractivity contribution < 1.29 is 5.11 Å². The highest BCUT2D eigenvalue weighted by molar-refractivity contribution is 5.71. The average molecular weight is 334 g/mol. The quantitative estimate of drug-likeness (QED) is 0.709. The summed E-state index contributed by atoms with van der Waals surface area (Å²) in [7, 11) is 6.35. The topological polar surface area (TPSA) is 30.0 Å². The highest BCUT2D eigenvalue weighted by Gasteiger charge is 2.08. The summed E-state index contributed by atoms with van der Waals surface area (Å²) in [6.45, 7) is 11.3. The second-order valence-electron chi connectivity index (χ2n) is 6.68. The monoisotopic (exact) mass is 333 g/mol. The minimum Gasteiger partial charge on any atom is -0.507 e. The van der Waals surface area contributed by atoms with Crippen molar-refractivity contribution in [3.8, 4) is 5.75 Å². The van der Waals surface area contributed by atoms with Gasteiger partial charge < -0.3 is 19.8 Å². The zero-order valence-corrected chi connectivity index (χ0v) is 16.3. The summed E-state index contributed by atoms with van der Waals surface area (Å²) in [5.41, 5.74) is 3.13. The van der Waals surface area contributed by atoms with Gasteiger partial charge in [0, 0.05) is 37.0 Å². The molecule has 1 aromatic rings. The number of phenols is 1. The molecule has 4 heteroatoms. The second kappa shape index (κ2) is 10.4. The first-order valence-electron chi connectivity index (χ1n) is 8.97. The van der Waals surface area contributed by atoms with Gasteiger partial charge >= 0.3 is 0 Å². The van der Waals surface area contributed by atoms with Crippen LogP contribution >= 0.6 is 0 Å². The Kier molecular flexibility index (Phi) is 8.87. The number of aromatic hydroxyl groups is 1. The first kappa shape index (κ1) is 20.5. The van der Waals surface area contributed by atoms with Crippen molar-refractivity contribution in [3.05, 3.63) is 29.8 Å². The van der Waals surface area contributed by atoms with E-state index in [1.807, 2.05) is 12.1 Å². The number of nitrogens with zero attached hydrogens (tertiary/aromatic N) is 3. The van der Waals surface area contributed by atoms with Gasteiger partial charge in [-0.05, 0) is 79.1 Å². The fraction of sp³-hybridized carbons (Fsp3) is 0.600. The van der Waals surface area contributed by atoms with Gasteiger partial charge in [-0.1, -0.05) is 6.08 Å². The van der Waals surface area contributed by atoms with E-state index in [-0.39, 0.29) is 0 Å². The normalized spacial score (nSPS) is 12.2. The fourth-order valence-electron chi connectivity index (χ4n) is 2.79. The Morgan fingerprint density at radius 3 is 2.29 bits per heavy atom. The van der Waals surface area contributed by atoms with E-state index in [9.17, 15) is 5.11 Å². The molecule has 1 rings (SSSR count). The van der Waals surface area contributed by atoms with Crippen LogP contribution in [0.15, 0.2) is 24.3 Å². The van der Waals surface area contributed by atoms with Crippen LogP contribution in [0.1, 0.15) is 32.8 Å². The number of hydrogen-bond donors (Lipinski definition) is 1. The first-order valence-corrected chi connectivity index (χ1v) is 8.97. The zero-order valence-electron chi connectivity index (χ0n) is 16.3. The van der Waals surface area contributed by atoms with Crippen LogP contribution in [-0.4, -0.2) is 68.8 Å². The summed E-state index contributed by atoms with van der Waals surface area (Å²) < 4.78 is 0. The largest absolute Gasteiger partial charge is 0.507 e. The number of phenolic OH excluding ortho intramolecular Hbond substituents is 1. The van der Waals surface area contributed by atoms with Crippen LogP contribution in [0, 0.1) is 0 Å². The summed E-state index contributed by atoms with van der Waals surface area (Å²) in [5, 5.41) is 10.4. The first-order chi connectivity index (χ1) is 11.4. The maximum Gasteiger partial charge on any atom is 0.125 e. The van der Waals surface area contributed by atoms with E-state index in [4.69, 9.17) is 0 Å². The lowest BCUT2D eigenvalue weighted by Gasteiger charge is -2.22. The highest BCUT2D eigenvalue weighted by Crippen LogP contribution is 2.29. The molecule has 0 amide bonds. The lowest BCUT2D eigenvalue weighted by atomic mass is 10.0. The van der Waals surface area contributed by atoms with E-state index >= 15 is 0 Å². The van der Waals surface area contributed by atoms with Crippen molar-refractivity contribution in [2.24, 2.45) is 0 Å². The molecule has 136 valence electrons. The average Bonchev–Trinajstić information content (AvgIpc) is 2.53. The minimum absolute atomic E-state index is 0.364. The van der Waals surface area contributed by atoms with Crippen LogP contribution in [0.2, 0.25) is 0 Å². The van der Waals surface area contributed by atoms with Crippen LogP contribution in [0.25, 0.3) is 5.57 Å². The predicted molar refractivity (Wildman–Crippen MR) is 106 cm³/mol. The van der Waals surface area contributed by atoms with Gasteiger partial charge in [-0.25, -0.2) is 0 Å². The van der Waals surface area contributed by atoms with Crippen molar-refractivity contribution in [2.75, 3.05) is 58.8 Å². The number of rotatable bonds is 10. The molecule has 0 saturated carbocycles. The number of likely N-dealkylation sites (N-methyl/N-ethyl adjacent to an activating group) is 1. The lowest BCUT2D eigenvalue weighted by molar-refractivity contribution is 0.322. The molecule has 0 unspecified atom stereocenters. The molecule has 0 atom stereocenters. The summed E-state index contributed by atoms with van der Waals surface area (Å²) in [4.78, 5) is 6.76. The maximum absolute atomic E-state index is 10.4. The predicted octanol–water partition coefficient (Wildman–Crippen LogP) is 3.53. The molecule has 24 heavy (non-hydrogen) atoms. The van der Waals surface area contributed by atoms with Crippen molar-refractivity contribution in [3.63, 3.8) is 0 Å². The van der Waals surface area contributed by atoms with Crippen LogP contribution in [-0.2, 0) is 0 Å². The van der Waals surface area contributed by atoms with Gasteiger partial charge in [0.25, 0.3) is 0 Å². The number of allylic oxidation sites excluding steroid dienone is 1. The summed E-state index contributed by atoms with van der Waals surface area (Å²) in [6.07, 6.45) is 3.36. The van der Waals surface area contributed by atoms with Gasteiger partial charge in [0.15, 0.2) is 0 Å². The third kappa shape index (κ3) is 6.54. The third-order valence-corrected chi connectivity index (χ3v) is 4.39. The van der Waals surface area contributed by atoms with Crippen LogP contribution < -0.4 is 4.90 Å². The molecule has 4 nitrogen and oxygen atoms in total. The molecule has 0 aliphatic rings. The Labute approximate surface area is 148 Å². The molecule has 0 aliphatic heterocycles. The summed E-state index contributed by atoms with van der Waals surface area (Å²) >= 11 is 0. The van der Waals surface area contributed by atoms with Gasteiger partial charge in [-0.15, -0.1) is 0 Å². The van der Waals surface area contributed by atoms with Crippen molar-refractivity contribution in [1.82, 2.24) is 9.80 Å². The molecule has 0 aromatic heterocycles. The number of benzene rings is 1. The fourth-order valence-corrected chi connectivity index (χ4v) is 2.79. The summed E-state index contributed by atoms with van der Waals surface area (Å²) in [5.74, 6) is 0.364. The van der Waals surface area contributed by atoms with Gasteiger partial charge in [0.2, 0.25) is 0 Å². The molecule has 1 N–H and O–H groups in total. The lowest BCUT2D eigenvalue weighted by Crippen LogP contribution is -2.24. The van der Waals surface area contributed by atoms with Gasteiger partial charge in [-0.2, -0.15) is 0 Å². The third-order valence-electron chi connectivity index (χ3n) is 4.39. The standard InChI is InChI=1S/C20H35N3O/c1-7-23(8-2)18-10-11-19(20(24)16-18)17(3)12-15-22(6)14-9-13-21(4)5/h10-12,16,24H,7-9,13-15H2,1-6H3/b17-12-. The van der Waals surface area contributed by atoms with E-state index in [0.717, 1.165) is 49.5 Å². The molecule has 0 heterocycles. The van der Waals surface area contributed by atoms with Crippen molar-refractivity contribution in [2.45, 2.75) is 27.2 Å². The Balaban J connectivity index is 2.68. The van der Waals surface area contributed by atoms with E-state index in [1.54, 1.807) is 0 Å². The number of anilines is 1. The molecule has 0 fully saturated rings. The Morgan fingerprint density at radius 2 is 1.75 bits per heavy atom. The maximum atomic E-state index is 10.4. The molecule has 1 aromatic carbocycles. The molecule has 0 radical (unpaired) electrons. The second-order valence-corrected chi connectivity index (χ2v) is 6.68. The van der Waals surface area contributed by atoms with E-state index in [2.05, 4.69) is 68.8 Å². The zero-order chi connectivity index (χ0) is 18.1. The van der Waals surface area contributed by atoms with Gasteiger partial charge in [0.1, 0.15) is 5.75 Å². The SMILES string of the molecule is CCN(CC)c1ccc(/C(C)=C\CN(C)CCCN(C)C)c(O)c1. The van der Waals surface area contributed by atoms with Crippen LogP contribution in [0.5, 0.6) is 5.75 Å². The Bertz CT molecular complexity index is 522. The van der Waals surface area contributed by atoms with Crippen molar-refractivity contribution in [1.29, 1.82) is 0 Å². The smallest absolute Gasteiger partial charge is 0.125 e. The Morgan fingerprint density at radius 1 is 1.08 bits per heavy atom. The molecule has 0 saturated heterocycles. The molecule has 0 bridgehead atoms. The van der Waals surface area contributed by atoms with Crippen molar-refractivity contribution >= 4 is 11.3 Å². The van der Waals surface area contributed by atoms with E-state index < -0.39 is 0 Å². The molecular weight excluding hydrogens is 298 g/mol. The number of hydrogen-bond acceptors (Lipinski definition) is 4. The molecular formula is C20H35N3O. The summed E-state index contributed by atoms with van der Waals surface area (Å²) in [6, 6.07) is 6.00. The van der Waals surface area contributed by atoms with Gasteiger partial charge in [-0.3, -0.25) is 0 Å². The highest BCUT2D eigenvalue weighted by atomic mass is 16.3. The molecule has 0 spiro atoms. The Hall–Kier alpha value is -1.52. The molecule has 0 aliphatic carbocycles. The van der Waals surface area contributed by atoms with E-state index in [1.165, 1.54) is 6.42 Å². The van der Waals surface area contributed by atoms with Gasteiger partial charge in [0.05, 0.1) is 0 Å². The van der Waals surface area contributed by atoms with Crippen LogP contribution in [0.4, 0.5) is 5.69 Å². The minimum atomic E-state index is 0.364.